The summed E-state index contributed by atoms with van der Waals surface area (Å²) in [4.78, 5) is 0. The quantitative estimate of drug-likeness (QED) is 0.828. The van der Waals surface area contributed by atoms with Crippen molar-refractivity contribution >= 4 is 0 Å². The molecule has 1 N–H and O–H groups in total. The number of aryl methyl sites for hydroxylation is 1. The number of hydrogen-bond acceptors (Lipinski definition) is 1. The van der Waals surface area contributed by atoms with E-state index >= 15 is 0 Å². The Balaban J connectivity index is 2.01. The molecule has 0 saturated heterocycles. The minimum Gasteiger partial charge on any atom is -0.314 e. The minimum absolute atomic E-state index is 0.365. The fourth-order valence-electron chi connectivity index (χ4n) is 2.39. The summed E-state index contributed by atoms with van der Waals surface area (Å²) in [6.07, 6.45) is 3.94. The van der Waals surface area contributed by atoms with Crippen molar-refractivity contribution in [1.82, 2.24) is 5.32 Å². The Morgan fingerprint density at radius 1 is 1.22 bits per heavy atom. The number of benzene rings is 1. The van der Waals surface area contributed by atoms with Gasteiger partial charge in [-0.3, -0.25) is 0 Å². The van der Waals surface area contributed by atoms with E-state index in [2.05, 4.69) is 57.3 Å². The van der Waals surface area contributed by atoms with Gasteiger partial charge < -0.3 is 5.32 Å². The van der Waals surface area contributed by atoms with Crippen LogP contribution in [0.3, 0.4) is 0 Å². The highest BCUT2D eigenvalue weighted by Crippen LogP contribution is 2.30. The Hall–Kier alpha value is -0.820. The average molecular weight is 245 g/mol. The van der Waals surface area contributed by atoms with Crippen molar-refractivity contribution in [2.75, 3.05) is 6.54 Å². The summed E-state index contributed by atoms with van der Waals surface area (Å²) in [6, 6.07) is 9.62. The predicted octanol–water partition coefficient (Wildman–Crippen LogP) is 3.95. The minimum atomic E-state index is 0.365. The second-order valence-electron chi connectivity index (χ2n) is 6.88. The lowest BCUT2D eigenvalue weighted by Crippen LogP contribution is -2.34. The van der Waals surface area contributed by atoms with Gasteiger partial charge in [-0.2, -0.15) is 0 Å². The summed E-state index contributed by atoms with van der Waals surface area (Å²) >= 11 is 0. The SMILES string of the molecule is Cc1ccccc1CC(CNC1CC1)C(C)(C)C. The van der Waals surface area contributed by atoms with Crippen LogP contribution < -0.4 is 5.32 Å². The van der Waals surface area contributed by atoms with Crippen molar-refractivity contribution in [3.63, 3.8) is 0 Å². The molecule has 0 spiro atoms. The molecule has 18 heavy (non-hydrogen) atoms. The van der Waals surface area contributed by atoms with E-state index in [1.807, 2.05) is 0 Å². The van der Waals surface area contributed by atoms with Crippen LogP contribution in [0.15, 0.2) is 24.3 Å². The number of hydrogen-bond donors (Lipinski definition) is 1. The van der Waals surface area contributed by atoms with Crippen molar-refractivity contribution in [1.29, 1.82) is 0 Å². The zero-order valence-electron chi connectivity index (χ0n) is 12.3. The van der Waals surface area contributed by atoms with Gasteiger partial charge in [0.15, 0.2) is 0 Å². The Morgan fingerprint density at radius 2 is 1.89 bits per heavy atom. The van der Waals surface area contributed by atoms with E-state index in [9.17, 15) is 0 Å². The van der Waals surface area contributed by atoms with E-state index in [-0.39, 0.29) is 0 Å². The molecule has 1 nitrogen and oxygen atoms in total. The third-order valence-corrected chi connectivity index (χ3v) is 4.18. The summed E-state index contributed by atoms with van der Waals surface area (Å²) in [7, 11) is 0. The zero-order valence-corrected chi connectivity index (χ0v) is 12.3. The van der Waals surface area contributed by atoms with Crippen LogP contribution in [0.5, 0.6) is 0 Å². The van der Waals surface area contributed by atoms with Crippen molar-refractivity contribution in [2.24, 2.45) is 11.3 Å². The zero-order chi connectivity index (χ0) is 13.2. The van der Waals surface area contributed by atoms with Crippen LogP contribution in [0.25, 0.3) is 0 Å². The molecule has 1 atom stereocenters. The van der Waals surface area contributed by atoms with Crippen molar-refractivity contribution < 1.29 is 0 Å². The molecule has 1 heteroatoms. The Bertz CT molecular complexity index is 385. The second kappa shape index (κ2) is 5.44. The Morgan fingerprint density at radius 3 is 2.44 bits per heavy atom. The first-order valence-electron chi connectivity index (χ1n) is 7.24. The summed E-state index contributed by atoms with van der Waals surface area (Å²) in [5, 5.41) is 3.70. The van der Waals surface area contributed by atoms with Crippen LogP contribution >= 0.6 is 0 Å². The van der Waals surface area contributed by atoms with E-state index in [1.54, 1.807) is 0 Å². The monoisotopic (exact) mass is 245 g/mol. The van der Waals surface area contributed by atoms with E-state index in [0.29, 0.717) is 11.3 Å². The highest BCUT2D eigenvalue weighted by molar-refractivity contribution is 5.26. The van der Waals surface area contributed by atoms with Gasteiger partial charge in [0.1, 0.15) is 0 Å². The lowest BCUT2D eigenvalue weighted by Gasteiger charge is -2.31. The molecule has 0 heterocycles. The highest BCUT2D eigenvalue weighted by Gasteiger charge is 2.28. The van der Waals surface area contributed by atoms with Crippen LogP contribution in [0.2, 0.25) is 0 Å². The van der Waals surface area contributed by atoms with Gasteiger partial charge in [0.05, 0.1) is 0 Å². The molecule has 2 rings (SSSR count). The van der Waals surface area contributed by atoms with Crippen LogP contribution in [-0.2, 0) is 6.42 Å². The van der Waals surface area contributed by atoms with Gasteiger partial charge in [-0.15, -0.1) is 0 Å². The van der Waals surface area contributed by atoms with Crippen molar-refractivity contribution in [3.05, 3.63) is 35.4 Å². The normalized spacial score (nSPS) is 17.8. The first kappa shape index (κ1) is 13.6. The third-order valence-electron chi connectivity index (χ3n) is 4.18. The molecule has 0 radical (unpaired) electrons. The molecule has 1 aromatic carbocycles. The van der Waals surface area contributed by atoms with Crippen LogP contribution in [0.4, 0.5) is 0 Å². The Labute approximate surface area is 112 Å². The Kier molecular flexibility index (Phi) is 4.11. The van der Waals surface area contributed by atoms with Gasteiger partial charge in [0.2, 0.25) is 0 Å². The molecule has 0 amide bonds. The standard InChI is InChI=1S/C17H27N/c1-13-7-5-6-8-14(13)11-15(17(2,3)4)12-18-16-9-10-16/h5-8,15-16,18H,9-12H2,1-4H3. The van der Waals surface area contributed by atoms with Gasteiger partial charge in [-0.05, 0) is 55.2 Å². The van der Waals surface area contributed by atoms with Gasteiger partial charge in [-0.25, -0.2) is 0 Å². The highest BCUT2D eigenvalue weighted by atomic mass is 14.9. The molecule has 1 saturated carbocycles. The van der Waals surface area contributed by atoms with Crippen LogP contribution in [0.1, 0.15) is 44.7 Å². The molecular formula is C17H27N. The van der Waals surface area contributed by atoms with E-state index < -0.39 is 0 Å². The van der Waals surface area contributed by atoms with Crippen molar-refractivity contribution in [3.8, 4) is 0 Å². The first-order chi connectivity index (χ1) is 8.47. The summed E-state index contributed by atoms with van der Waals surface area (Å²) < 4.78 is 0. The molecule has 1 aliphatic carbocycles. The molecular weight excluding hydrogens is 218 g/mol. The third kappa shape index (κ3) is 3.84. The van der Waals surface area contributed by atoms with Crippen LogP contribution in [-0.4, -0.2) is 12.6 Å². The summed E-state index contributed by atoms with van der Waals surface area (Å²) in [6.45, 7) is 10.5. The maximum Gasteiger partial charge on any atom is 0.00683 e. The number of rotatable bonds is 5. The second-order valence-corrected chi connectivity index (χ2v) is 6.88. The van der Waals surface area contributed by atoms with Gasteiger partial charge >= 0.3 is 0 Å². The van der Waals surface area contributed by atoms with Crippen molar-refractivity contribution in [2.45, 2.75) is 53.0 Å². The maximum absolute atomic E-state index is 3.70. The molecule has 1 aromatic rings. The van der Waals surface area contributed by atoms with Crippen LogP contribution in [0, 0.1) is 18.3 Å². The molecule has 0 aliphatic heterocycles. The van der Waals surface area contributed by atoms with Gasteiger partial charge in [-0.1, -0.05) is 45.0 Å². The fraction of sp³-hybridized carbons (Fsp3) is 0.647. The summed E-state index contributed by atoms with van der Waals surface area (Å²) in [5.74, 6) is 0.708. The average Bonchev–Trinajstić information content (AvgIpc) is 3.08. The molecule has 100 valence electrons. The van der Waals surface area contributed by atoms with Gasteiger partial charge in [0, 0.05) is 6.04 Å². The number of nitrogens with one attached hydrogen (secondary N) is 1. The lowest BCUT2D eigenvalue weighted by molar-refractivity contribution is 0.230. The molecule has 1 fully saturated rings. The smallest absolute Gasteiger partial charge is 0.00683 e. The topological polar surface area (TPSA) is 12.0 Å². The molecule has 1 unspecified atom stereocenters. The maximum atomic E-state index is 3.70. The van der Waals surface area contributed by atoms with E-state index in [0.717, 1.165) is 12.6 Å². The first-order valence-corrected chi connectivity index (χ1v) is 7.24. The molecule has 0 aromatic heterocycles. The van der Waals surface area contributed by atoms with Gasteiger partial charge in [0.25, 0.3) is 0 Å². The van der Waals surface area contributed by atoms with E-state index in [4.69, 9.17) is 0 Å². The fourth-order valence-corrected chi connectivity index (χ4v) is 2.39. The largest absolute Gasteiger partial charge is 0.314 e. The summed E-state index contributed by atoms with van der Waals surface area (Å²) in [5.41, 5.74) is 3.30. The lowest BCUT2D eigenvalue weighted by atomic mass is 9.76. The predicted molar refractivity (Wildman–Crippen MR) is 78.9 cm³/mol. The molecule has 1 aliphatic rings. The molecule has 0 bridgehead atoms. The van der Waals surface area contributed by atoms with E-state index in [1.165, 1.54) is 30.4 Å².